The molecule has 1 aromatic heterocycles. The molecule has 1 aliphatic rings. The van der Waals surface area contributed by atoms with Gasteiger partial charge in [0, 0.05) is 24.9 Å². The van der Waals surface area contributed by atoms with Crippen LogP contribution in [-0.2, 0) is 11.3 Å². The fraction of sp³-hybridized carbons (Fsp3) is 0.500. The minimum atomic E-state index is 0.265. The van der Waals surface area contributed by atoms with E-state index in [-0.39, 0.29) is 5.91 Å². The van der Waals surface area contributed by atoms with Crippen molar-refractivity contribution in [1.82, 2.24) is 14.7 Å². The molecule has 4 heteroatoms. The maximum atomic E-state index is 12.2. The molecule has 0 saturated carbocycles. The first-order chi connectivity index (χ1) is 9.75. The summed E-state index contributed by atoms with van der Waals surface area (Å²) < 4.78 is 1.95. The Balaban J connectivity index is 1.67. The van der Waals surface area contributed by atoms with Gasteiger partial charge in [0.2, 0.25) is 5.91 Å². The molecule has 0 aliphatic carbocycles. The largest absolute Gasteiger partial charge is 0.343 e. The molecule has 4 nitrogen and oxygen atoms in total. The smallest absolute Gasteiger partial charge is 0.224 e. The van der Waals surface area contributed by atoms with Gasteiger partial charge in [0.25, 0.3) is 0 Å². The Hall–Kier alpha value is -1.84. The van der Waals surface area contributed by atoms with Crippen molar-refractivity contribution in [2.45, 2.75) is 39.2 Å². The van der Waals surface area contributed by atoms with Crippen LogP contribution in [0.15, 0.2) is 24.4 Å². The molecule has 3 rings (SSSR count). The van der Waals surface area contributed by atoms with E-state index < -0.39 is 0 Å². The fourth-order valence-corrected chi connectivity index (χ4v) is 2.93. The molecule has 0 atom stereocenters. The molecule has 0 unspecified atom stereocenters. The lowest BCUT2D eigenvalue weighted by atomic mass is 10.1. The van der Waals surface area contributed by atoms with E-state index in [2.05, 4.69) is 24.2 Å². The Morgan fingerprint density at radius 2 is 2.05 bits per heavy atom. The number of rotatable bonds is 3. The second kappa shape index (κ2) is 5.65. The molecule has 20 heavy (non-hydrogen) atoms. The highest BCUT2D eigenvalue weighted by Gasteiger charge is 2.16. The van der Waals surface area contributed by atoms with Crippen LogP contribution in [0.4, 0.5) is 0 Å². The highest BCUT2D eigenvalue weighted by molar-refractivity contribution is 5.82. The van der Waals surface area contributed by atoms with Crippen molar-refractivity contribution >= 4 is 16.8 Å². The van der Waals surface area contributed by atoms with Crippen molar-refractivity contribution < 1.29 is 4.79 Å². The van der Waals surface area contributed by atoms with Gasteiger partial charge in [0.15, 0.2) is 0 Å². The fourth-order valence-electron chi connectivity index (χ4n) is 2.93. The van der Waals surface area contributed by atoms with Gasteiger partial charge < -0.3 is 4.90 Å². The first kappa shape index (κ1) is 13.2. The predicted octanol–water partition coefficient (Wildman–Crippen LogP) is 2.75. The molecule has 1 aromatic carbocycles. The summed E-state index contributed by atoms with van der Waals surface area (Å²) in [5.41, 5.74) is 2.35. The van der Waals surface area contributed by atoms with E-state index in [9.17, 15) is 4.79 Å². The molecular formula is C16H21N3O. The van der Waals surface area contributed by atoms with E-state index in [4.69, 9.17) is 0 Å². The van der Waals surface area contributed by atoms with Crippen LogP contribution < -0.4 is 0 Å². The summed E-state index contributed by atoms with van der Waals surface area (Å²) >= 11 is 0. The van der Waals surface area contributed by atoms with Crippen LogP contribution in [0.1, 0.15) is 31.2 Å². The van der Waals surface area contributed by atoms with Crippen molar-refractivity contribution in [3.8, 4) is 0 Å². The zero-order chi connectivity index (χ0) is 13.9. The number of aromatic nitrogens is 2. The molecule has 0 N–H and O–H groups in total. The lowest BCUT2D eigenvalue weighted by Crippen LogP contribution is -2.36. The van der Waals surface area contributed by atoms with Crippen molar-refractivity contribution in [3.05, 3.63) is 30.0 Å². The van der Waals surface area contributed by atoms with Gasteiger partial charge in [0.1, 0.15) is 0 Å². The van der Waals surface area contributed by atoms with Crippen LogP contribution in [0.3, 0.4) is 0 Å². The maximum Gasteiger partial charge on any atom is 0.224 e. The zero-order valence-corrected chi connectivity index (χ0v) is 12.0. The number of aryl methyl sites for hydroxylation is 2. The highest BCUT2D eigenvalue weighted by Crippen LogP contribution is 2.18. The molecule has 1 fully saturated rings. The first-order valence-corrected chi connectivity index (χ1v) is 7.44. The van der Waals surface area contributed by atoms with Crippen LogP contribution in [0, 0.1) is 6.92 Å². The molecule has 106 valence electrons. The number of hydrogen-bond donors (Lipinski definition) is 0. The third-order valence-corrected chi connectivity index (χ3v) is 4.15. The second-order valence-corrected chi connectivity index (χ2v) is 5.57. The summed E-state index contributed by atoms with van der Waals surface area (Å²) in [6, 6.07) is 6.20. The van der Waals surface area contributed by atoms with Crippen LogP contribution in [0.25, 0.3) is 10.9 Å². The average Bonchev–Trinajstić information content (AvgIpc) is 2.90. The van der Waals surface area contributed by atoms with Crippen LogP contribution in [0.2, 0.25) is 0 Å². The molecular weight excluding hydrogens is 250 g/mol. The zero-order valence-electron chi connectivity index (χ0n) is 12.0. The molecule has 1 saturated heterocycles. The van der Waals surface area contributed by atoms with E-state index in [1.807, 2.05) is 21.8 Å². The summed E-state index contributed by atoms with van der Waals surface area (Å²) in [5, 5.41) is 5.60. The number of benzene rings is 1. The third-order valence-electron chi connectivity index (χ3n) is 4.15. The summed E-state index contributed by atoms with van der Waals surface area (Å²) in [7, 11) is 0. The number of amides is 1. The van der Waals surface area contributed by atoms with E-state index >= 15 is 0 Å². The van der Waals surface area contributed by atoms with Gasteiger partial charge in [-0.05, 0) is 37.8 Å². The maximum absolute atomic E-state index is 12.2. The van der Waals surface area contributed by atoms with Crippen molar-refractivity contribution in [3.63, 3.8) is 0 Å². The van der Waals surface area contributed by atoms with E-state index in [0.717, 1.165) is 31.4 Å². The highest BCUT2D eigenvalue weighted by atomic mass is 16.2. The predicted molar refractivity (Wildman–Crippen MR) is 79.5 cm³/mol. The monoisotopic (exact) mass is 271 g/mol. The molecule has 2 heterocycles. The van der Waals surface area contributed by atoms with E-state index in [1.165, 1.54) is 17.4 Å². The lowest BCUT2D eigenvalue weighted by Gasteiger charge is -2.26. The number of carbonyl (C=O) groups is 1. The number of likely N-dealkylation sites (tertiary alicyclic amines) is 1. The van der Waals surface area contributed by atoms with Crippen LogP contribution in [-0.4, -0.2) is 33.7 Å². The molecule has 0 spiro atoms. The van der Waals surface area contributed by atoms with E-state index in [1.54, 1.807) is 0 Å². The minimum absolute atomic E-state index is 0.265. The molecule has 1 aliphatic heterocycles. The van der Waals surface area contributed by atoms with Gasteiger partial charge in [-0.2, -0.15) is 5.10 Å². The third kappa shape index (κ3) is 2.55. The van der Waals surface area contributed by atoms with Crippen LogP contribution in [0.5, 0.6) is 0 Å². The summed E-state index contributed by atoms with van der Waals surface area (Å²) in [5.74, 6) is 0.265. The number of hydrogen-bond acceptors (Lipinski definition) is 2. The van der Waals surface area contributed by atoms with Gasteiger partial charge in [0.05, 0.1) is 18.3 Å². The number of nitrogens with zero attached hydrogens (tertiary/aromatic N) is 3. The summed E-state index contributed by atoms with van der Waals surface area (Å²) in [6.45, 7) is 4.62. The minimum Gasteiger partial charge on any atom is -0.343 e. The van der Waals surface area contributed by atoms with Gasteiger partial charge >= 0.3 is 0 Å². The van der Waals surface area contributed by atoms with Gasteiger partial charge in [-0.1, -0.05) is 12.1 Å². The molecule has 0 bridgehead atoms. The Labute approximate surface area is 119 Å². The Morgan fingerprint density at radius 3 is 2.85 bits per heavy atom. The standard InChI is InChI=1S/C16H21N3O/c1-13-6-5-7-15-14(13)12-17-19(15)11-8-16(20)18-9-3-2-4-10-18/h5-7,12H,2-4,8-11H2,1H3. The van der Waals surface area contributed by atoms with Crippen molar-refractivity contribution in [2.75, 3.05) is 13.1 Å². The first-order valence-electron chi connectivity index (χ1n) is 7.44. The average molecular weight is 271 g/mol. The van der Waals surface area contributed by atoms with Crippen molar-refractivity contribution in [2.24, 2.45) is 0 Å². The molecule has 1 amide bonds. The van der Waals surface area contributed by atoms with Gasteiger partial charge in [-0.3, -0.25) is 9.48 Å². The topological polar surface area (TPSA) is 38.1 Å². The number of fused-ring (bicyclic) bond motifs is 1. The normalized spacial score (nSPS) is 15.8. The van der Waals surface area contributed by atoms with Gasteiger partial charge in [-0.25, -0.2) is 0 Å². The Kier molecular flexibility index (Phi) is 3.72. The SMILES string of the molecule is Cc1cccc2c1cnn2CCC(=O)N1CCCCC1. The Bertz CT molecular complexity index is 611. The van der Waals surface area contributed by atoms with Crippen molar-refractivity contribution in [1.29, 1.82) is 0 Å². The van der Waals surface area contributed by atoms with E-state index in [0.29, 0.717) is 13.0 Å². The Morgan fingerprint density at radius 1 is 1.25 bits per heavy atom. The summed E-state index contributed by atoms with van der Waals surface area (Å²) in [6.07, 6.45) is 6.00. The number of carbonyl (C=O) groups excluding carboxylic acids is 1. The van der Waals surface area contributed by atoms with Crippen LogP contribution >= 0.6 is 0 Å². The molecule has 0 radical (unpaired) electrons. The molecule has 2 aromatic rings. The second-order valence-electron chi connectivity index (χ2n) is 5.57. The lowest BCUT2D eigenvalue weighted by molar-refractivity contribution is -0.132. The number of piperidine rings is 1. The summed E-state index contributed by atoms with van der Waals surface area (Å²) in [4.78, 5) is 14.2. The van der Waals surface area contributed by atoms with Gasteiger partial charge in [-0.15, -0.1) is 0 Å². The quantitative estimate of drug-likeness (QED) is 0.861.